The molecule has 0 aliphatic heterocycles. The second-order valence-corrected chi connectivity index (χ2v) is 7.44. The van der Waals surface area contributed by atoms with Gasteiger partial charge in [-0.25, -0.2) is 0 Å². The first-order chi connectivity index (χ1) is 14.0. The monoisotopic (exact) mass is 413 g/mol. The maximum Gasteiger partial charge on any atom is 0.253 e. The molecule has 2 aromatic carbocycles. The van der Waals surface area contributed by atoms with E-state index in [-0.39, 0.29) is 30.1 Å². The summed E-state index contributed by atoms with van der Waals surface area (Å²) in [5, 5.41) is 8.85. The average molecular weight is 414 g/mol. The van der Waals surface area contributed by atoms with Crippen molar-refractivity contribution in [2.24, 2.45) is 5.92 Å². The highest BCUT2D eigenvalue weighted by molar-refractivity contribution is 6.33. The Hall–Kier alpha value is -2.86. The summed E-state index contributed by atoms with van der Waals surface area (Å²) < 4.78 is 0. The van der Waals surface area contributed by atoms with E-state index in [1.807, 2.05) is 30.3 Å². The lowest BCUT2D eigenvalue weighted by Crippen LogP contribution is -2.38. The molecule has 2 aromatic rings. The number of rotatable bonds is 9. The van der Waals surface area contributed by atoms with Crippen LogP contribution in [0.25, 0.3) is 0 Å². The maximum absolute atomic E-state index is 12.7. The topological polar surface area (TPSA) is 87.3 Å². The molecule has 152 valence electrons. The quantitative estimate of drug-likeness (QED) is 0.552. The molecule has 3 amide bonds. The number of amides is 3. The van der Waals surface area contributed by atoms with Gasteiger partial charge in [0.25, 0.3) is 5.91 Å². The summed E-state index contributed by atoms with van der Waals surface area (Å²) in [7, 11) is 0. The van der Waals surface area contributed by atoms with Crippen molar-refractivity contribution in [3.63, 3.8) is 0 Å². The number of benzene rings is 2. The van der Waals surface area contributed by atoms with Crippen LogP contribution in [-0.4, -0.2) is 30.8 Å². The number of hydrogen-bond donors (Lipinski definition) is 3. The van der Waals surface area contributed by atoms with Crippen molar-refractivity contribution < 1.29 is 14.4 Å². The zero-order chi connectivity index (χ0) is 20.6. The number of carbonyl (C=O) groups is 3. The summed E-state index contributed by atoms with van der Waals surface area (Å²) in [6, 6.07) is 15.6. The van der Waals surface area contributed by atoms with Gasteiger partial charge in [0.15, 0.2) is 0 Å². The summed E-state index contributed by atoms with van der Waals surface area (Å²) >= 11 is 6.12. The van der Waals surface area contributed by atoms with Crippen LogP contribution in [0.3, 0.4) is 0 Å². The molecule has 1 saturated carbocycles. The van der Waals surface area contributed by atoms with Crippen molar-refractivity contribution in [2.45, 2.75) is 25.3 Å². The normalized spacial score (nSPS) is 14.0. The third-order valence-electron chi connectivity index (χ3n) is 4.71. The summed E-state index contributed by atoms with van der Waals surface area (Å²) in [4.78, 5) is 36.7. The molecule has 0 radical (unpaired) electrons. The predicted molar refractivity (Wildman–Crippen MR) is 111 cm³/mol. The van der Waals surface area contributed by atoms with Crippen molar-refractivity contribution in [2.75, 3.05) is 13.1 Å². The summed E-state index contributed by atoms with van der Waals surface area (Å²) in [6.07, 6.45) is 1.97. The van der Waals surface area contributed by atoms with Crippen molar-refractivity contribution in [1.82, 2.24) is 16.0 Å². The largest absolute Gasteiger partial charge is 0.354 e. The molecule has 0 bridgehead atoms. The first-order valence-corrected chi connectivity index (χ1v) is 10.1. The van der Waals surface area contributed by atoms with Crippen LogP contribution in [0.15, 0.2) is 54.6 Å². The number of hydrogen-bond acceptors (Lipinski definition) is 3. The van der Waals surface area contributed by atoms with Crippen LogP contribution < -0.4 is 16.0 Å². The number of nitrogens with one attached hydrogen (secondary N) is 3. The third-order valence-corrected chi connectivity index (χ3v) is 5.04. The lowest BCUT2D eigenvalue weighted by molar-refractivity contribution is -0.123. The van der Waals surface area contributed by atoms with Gasteiger partial charge in [-0.15, -0.1) is 0 Å². The van der Waals surface area contributed by atoms with Crippen molar-refractivity contribution in [3.8, 4) is 0 Å². The molecule has 0 heterocycles. The highest BCUT2D eigenvalue weighted by atomic mass is 35.5. The molecule has 1 atom stereocenters. The lowest BCUT2D eigenvalue weighted by Gasteiger charge is -2.19. The van der Waals surface area contributed by atoms with E-state index in [0.717, 1.165) is 18.4 Å². The van der Waals surface area contributed by atoms with E-state index < -0.39 is 6.04 Å². The number of halogens is 1. The van der Waals surface area contributed by atoms with Gasteiger partial charge in [0.1, 0.15) is 0 Å². The minimum absolute atomic E-state index is 0.0495. The second-order valence-electron chi connectivity index (χ2n) is 7.04. The van der Waals surface area contributed by atoms with Crippen molar-refractivity contribution >= 4 is 29.3 Å². The summed E-state index contributed by atoms with van der Waals surface area (Å²) in [6.45, 7) is 0.736. The molecule has 7 heteroatoms. The molecule has 1 aliphatic rings. The van der Waals surface area contributed by atoms with Crippen LogP contribution >= 0.6 is 11.6 Å². The first kappa shape index (κ1) is 20.9. The fourth-order valence-electron chi connectivity index (χ4n) is 2.95. The van der Waals surface area contributed by atoms with Crippen LogP contribution in [0.5, 0.6) is 0 Å². The molecule has 29 heavy (non-hydrogen) atoms. The smallest absolute Gasteiger partial charge is 0.253 e. The van der Waals surface area contributed by atoms with E-state index in [1.165, 1.54) is 0 Å². The molecule has 6 nitrogen and oxygen atoms in total. The van der Waals surface area contributed by atoms with E-state index in [2.05, 4.69) is 16.0 Å². The van der Waals surface area contributed by atoms with Gasteiger partial charge >= 0.3 is 0 Å². The van der Waals surface area contributed by atoms with Gasteiger partial charge < -0.3 is 16.0 Å². The molecule has 1 unspecified atom stereocenters. The summed E-state index contributed by atoms with van der Waals surface area (Å²) in [5.41, 5.74) is 1.18. The van der Waals surface area contributed by atoms with E-state index in [4.69, 9.17) is 11.6 Å². The molecule has 0 saturated heterocycles. The van der Waals surface area contributed by atoms with Crippen LogP contribution in [0.4, 0.5) is 0 Å². The Labute approximate surface area is 175 Å². The van der Waals surface area contributed by atoms with Gasteiger partial charge in [-0.05, 0) is 30.5 Å². The highest BCUT2D eigenvalue weighted by Crippen LogP contribution is 2.28. The van der Waals surface area contributed by atoms with Gasteiger partial charge in [-0.2, -0.15) is 0 Å². The Balaban J connectivity index is 1.57. The molecule has 0 aromatic heterocycles. The summed E-state index contributed by atoms with van der Waals surface area (Å²) in [5.74, 6) is -0.352. The standard InChI is InChI=1S/C22H24ClN3O3/c23-18-9-5-4-8-17(18)22(29)26-19(15-6-2-1-3-7-15)14-20(27)24-12-13-25-21(28)16-10-11-16/h1-9,16,19H,10-14H2,(H,24,27)(H,25,28)(H,26,29). The van der Waals surface area contributed by atoms with E-state index in [9.17, 15) is 14.4 Å². The fourth-order valence-corrected chi connectivity index (χ4v) is 3.18. The second kappa shape index (κ2) is 10.1. The van der Waals surface area contributed by atoms with Gasteiger partial charge in [0.2, 0.25) is 11.8 Å². The van der Waals surface area contributed by atoms with Crippen molar-refractivity contribution in [1.29, 1.82) is 0 Å². The molecular weight excluding hydrogens is 390 g/mol. The highest BCUT2D eigenvalue weighted by Gasteiger charge is 2.29. The van der Waals surface area contributed by atoms with Gasteiger partial charge in [-0.3, -0.25) is 14.4 Å². The van der Waals surface area contributed by atoms with Crippen LogP contribution in [0, 0.1) is 5.92 Å². The zero-order valence-corrected chi connectivity index (χ0v) is 16.7. The van der Waals surface area contributed by atoms with Gasteiger partial charge in [-0.1, -0.05) is 54.1 Å². The molecule has 1 aliphatic carbocycles. The zero-order valence-electron chi connectivity index (χ0n) is 16.0. The maximum atomic E-state index is 12.7. The minimum atomic E-state index is -0.499. The SMILES string of the molecule is O=C(CC(NC(=O)c1ccccc1Cl)c1ccccc1)NCCNC(=O)C1CC1. The average Bonchev–Trinajstić information content (AvgIpc) is 3.57. The molecule has 3 rings (SSSR count). The van der Waals surface area contributed by atoms with Gasteiger partial charge in [0.05, 0.1) is 23.0 Å². The Morgan fingerprint density at radius 1 is 0.931 bits per heavy atom. The molecule has 1 fully saturated rings. The van der Waals surface area contributed by atoms with Crippen LogP contribution in [-0.2, 0) is 9.59 Å². The van der Waals surface area contributed by atoms with Crippen LogP contribution in [0.1, 0.15) is 41.2 Å². The van der Waals surface area contributed by atoms with Gasteiger partial charge in [0, 0.05) is 19.0 Å². The minimum Gasteiger partial charge on any atom is -0.354 e. The molecule has 3 N–H and O–H groups in total. The van der Waals surface area contributed by atoms with Crippen LogP contribution in [0.2, 0.25) is 5.02 Å². The Morgan fingerprint density at radius 3 is 2.28 bits per heavy atom. The molecule has 0 spiro atoms. The Kier molecular flexibility index (Phi) is 7.25. The fraction of sp³-hybridized carbons (Fsp3) is 0.318. The first-order valence-electron chi connectivity index (χ1n) is 9.69. The molecular formula is C22H24ClN3O3. The van der Waals surface area contributed by atoms with E-state index >= 15 is 0 Å². The third kappa shape index (κ3) is 6.32. The Bertz CT molecular complexity index is 869. The van der Waals surface area contributed by atoms with E-state index in [0.29, 0.717) is 23.7 Å². The number of carbonyl (C=O) groups excluding carboxylic acids is 3. The predicted octanol–water partition coefficient (Wildman–Crippen LogP) is 2.84. The lowest BCUT2D eigenvalue weighted by atomic mass is 10.0. The van der Waals surface area contributed by atoms with E-state index in [1.54, 1.807) is 24.3 Å². The Morgan fingerprint density at radius 2 is 1.59 bits per heavy atom. The van der Waals surface area contributed by atoms with Crippen molar-refractivity contribution in [3.05, 3.63) is 70.7 Å².